The molecule has 1 saturated heterocycles. The lowest BCUT2D eigenvalue weighted by atomic mass is 10.1. The van der Waals surface area contributed by atoms with Crippen LogP contribution >= 0.6 is 23.2 Å². The van der Waals surface area contributed by atoms with E-state index in [1.807, 2.05) is 18.7 Å². The third-order valence-electron chi connectivity index (χ3n) is 5.57. The quantitative estimate of drug-likeness (QED) is 0.575. The second kappa shape index (κ2) is 10.3. The summed E-state index contributed by atoms with van der Waals surface area (Å²) in [7, 11) is -2.03. The van der Waals surface area contributed by atoms with E-state index in [0.29, 0.717) is 66.3 Å². The summed E-state index contributed by atoms with van der Waals surface area (Å²) in [6.45, 7) is 6.47. The molecule has 0 spiro atoms. The highest BCUT2D eigenvalue weighted by Crippen LogP contribution is 2.33. The molecule has 0 atom stereocenters. The Morgan fingerprint density at radius 2 is 1.66 bits per heavy atom. The molecule has 174 valence electrons. The van der Waals surface area contributed by atoms with Crippen molar-refractivity contribution in [1.82, 2.24) is 9.21 Å². The fourth-order valence-corrected chi connectivity index (χ4v) is 5.53. The van der Waals surface area contributed by atoms with Gasteiger partial charge in [-0.1, -0.05) is 37.0 Å². The third kappa shape index (κ3) is 4.98. The maximum atomic E-state index is 13.0. The van der Waals surface area contributed by atoms with Crippen LogP contribution in [-0.2, 0) is 10.0 Å². The zero-order valence-electron chi connectivity index (χ0n) is 18.3. The molecular weight excluding hydrogens is 473 g/mol. The van der Waals surface area contributed by atoms with Crippen molar-refractivity contribution >= 4 is 44.8 Å². The summed E-state index contributed by atoms with van der Waals surface area (Å²) in [5.41, 5.74) is 1.18. The molecule has 7 nitrogen and oxygen atoms in total. The van der Waals surface area contributed by atoms with Crippen molar-refractivity contribution in [3.63, 3.8) is 0 Å². The van der Waals surface area contributed by atoms with Gasteiger partial charge in [0.1, 0.15) is 5.75 Å². The number of methoxy groups -OCH3 is 1. The Kier molecular flexibility index (Phi) is 7.92. The first-order valence-electron chi connectivity index (χ1n) is 10.4. The second-order valence-corrected chi connectivity index (χ2v) is 10.1. The largest absolute Gasteiger partial charge is 0.495 e. The maximum absolute atomic E-state index is 13.0. The highest BCUT2D eigenvalue weighted by Gasteiger charge is 2.27. The van der Waals surface area contributed by atoms with Crippen LogP contribution in [0.5, 0.6) is 5.75 Å². The number of rotatable bonds is 7. The number of ether oxygens (including phenoxy) is 1. The van der Waals surface area contributed by atoms with Gasteiger partial charge in [0.25, 0.3) is 5.91 Å². The minimum absolute atomic E-state index is 0.118. The van der Waals surface area contributed by atoms with Gasteiger partial charge in [-0.15, -0.1) is 0 Å². The summed E-state index contributed by atoms with van der Waals surface area (Å²) in [5.74, 6) is 0.473. The summed E-state index contributed by atoms with van der Waals surface area (Å²) in [6.07, 6.45) is 0. The molecule has 2 aromatic rings. The van der Waals surface area contributed by atoms with E-state index >= 15 is 0 Å². The average Bonchev–Trinajstić information content (AvgIpc) is 2.80. The molecular formula is C22H27Cl2N3O4S. The van der Waals surface area contributed by atoms with Crippen LogP contribution in [0.1, 0.15) is 24.2 Å². The predicted octanol–water partition coefficient (Wildman–Crippen LogP) is 3.99. The number of benzene rings is 2. The zero-order chi connectivity index (χ0) is 23.5. The van der Waals surface area contributed by atoms with Crippen LogP contribution in [0.3, 0.4) is 0 Å². The summed E-state index contributed by atoms with van der Waals surface area (Å²) in [6, 6.07) is 9.75. The summed E-state index contributed by atoms with van der Waals surface area (Å²) >= 11 is 12.0. The monoisotopic (exact) mass is 499 g/mol. The van der Waals surface area contributed by atoms with Crippen LogP contribution in [-0.4, -0.2) is 69.9 Å². The van der Waals surface area contributed by atoms with Gasteiger partial charge in [0.15, 0.2) is 0 Å². The number of piperazine rings is 1. The molecule has 0 bridgehead atoms. The standard InChI is InChI=1S/C22H27Cl2N3O4S/c1-4-27(5-2)32(29,30)17-7-9-21(31-3)20(15-17)25-10-12-26(13-11-25)22(28)16-6-8-18(23)19(24)14-16/h6-9,14-15H,4-5,10-13H2,1-3H3. The molecule has 0 N–H and O–H groups in total. The Morgan fingerprint density at radius 3 is 2.22 bits per heavy atom. The van der Waals surface area contributed by atoms with Crippen LogP contribution in [0.25, 0.3) is 0 Å². The van der Waals surface area contributed by atoms with Crippen molar-refractivity contribution < 1.29 is 17.9 Å². The van der Waals surface area contributed by atoms with E-state index in [9.17, 15) is 13.2 Å². The number of hydrogen-bond donors (Lipinski definition) is 0. The van der Waals surface area contributed by atoms with Gasteiger partial charge < -0.3 is 14.5 Å². The number of carbonyl (C=O) groups is 1. The molecule has 0 aromatic heterocycles. The van der Waals surface area contributed by atoms with Gasteiger partial charge in [-0.25, -0.2) is 8.42 Å². The van der Waals surface area contributed by atoms with E-state index in [-0.39, 0.29) is 10.8 Å². The second-order valence-electron chi connectivity index (χ2n) is 7.33. The maximum Gasteiger partial charge on any atom is 0.254 e. The van der Waals surface area contributed by atoms with E-state index in [4.69, 9.17) is 27.9 Å². The Hall–Kier alpha value is -2.00. The molecule has 1 amide bonds. The van der Waals surface area contributed by atoms with Crippen molar-refractivity contribution in [2.75, 3.05) is 51.3 Å². The molecule has 10 heteroatoms. The van der Waals surface area contributed by atoms with Crippen molar-refractivity contribution in [3.8, 4) is 5.75 Å². The highest BCUT2D eigenvalue weighted by atomic mass is 35.5. The minimum atomic E-state index is -3.59. The Balaban J connectivity index is 1.79. The predicted molar refractivity (Wildman–Crippen MR) is 128 cm³/mol. The van der Waals surface area contributed by atoms with Crippen molar-refractivity contribution in [2.45, 2.75) is 18.7 Å². The third-order valence-corrected chi connectivity index (χ3v) is 8.35. The first kappa shape index (κ1) is 24.6. The molecule has 1 aliphatic heterocycles. The Labute approximate surface area is 199 Å². The van der Waals surface area contributed by atoms with Gasteiger partial charge in [0.2, 0.25) is 10.0 Å². The molecule has 32 heavy (non-hydrogen) atoms. The lowest BCUT2D eigenvalue weighted by Gasteiger charge is -2.37. The number of amides is 1. The van der Waals surface area contributed by atoms with Gasteiger partial charge in [-0.2, -0.15) is 4.31 Å². The van der Waals surface area contributed by atoms with E-state index in [1.54, 1.807) is 48.4 Å². The summed E-state index contributed by atoms with van der Waals surface area (Å²) in [5, 5.41) is 0.742. The fourth-order valence-electron chi connectivity index (χ4n) is 3.75. The molecule has 0 saturated carbocycles. The van der Waals surface area contributed by atoms with E-state index < -0.39 is 10.0 Å². The summed E-state index contributed by atoms with van der Waals surface area (Å²) < 4.78 is 32.9. The van der Waals surface area contributed by atoms with E-state index in [2.05, 4.69) is 0 Å². The summed E-state index contributed by atoms with van der Waals surface area (Å²) in [4.78, 5) is 16.9. The molecule has 0 aliphatic carbocycles. The SMILES string of the molecule is CCN(CC)S(=O)(=O)c1ccc(OC)c(N2CCN(C(=O)c3ccc(Cl)c(Cl)c3)CC2)c1. The lowest BCUT2D eigenvalue weighted by molar-refractivity contribution is 0.0746. The minimum Gasteiger partial charge on any atom is -0.495 e. The van der Waals surface area contributed by atoms with Crippen molar-refractivity contribution in [2.24, 2.45) is 0 Å². The van der Waals surface area contributed by atoms with Crippen LogP contribution in [0.2, 0.25) is 10.0 Å². The van der Waals surface area contributed by atoms with E-state index in [1.165, 1.54) is 4.31 Å². The number of halogens is 2. The molecule has 1 aliphatic rings. The first-order valence-corrected chi connectivity index (χ1v) is 12.6. The number of sulfonamides is 1. The van der Waals surface area contributed by atoms with Crippen molar-refractivity contribution in [3.05, 3.63) is 52.0 Å². The van der Waals surface area contributed by atoms with Crippen molar-refractivity contribution in [1.29, 1.82) is 0 Å². The topological polar surface area (TPSA) is 70.2 Å². The van der Waals surface area contributed by atoms with E-state index in [0.717, 1.165) is 0 Å². The van der Waals surface area contributed by atoms with Crippen LogP contribution < -0.4 is 9.64 Å². The number of carbonyl (C=O) groups excluding carboxylic acids is 1. The molecule has 2 aromatic carbocycles. The van der Waals surface area contributed by atoms with Crippen LogP contribution in [0.15, 0.2) is 41.3 Å². The normalized spacial score (nSPS) is 14.7. The number of hydrogen-bond acceptors (Lipinski definition) is 5. The zero-order valence-corrected chi connectivity index (χ0v) is 20.7. The Bertz CT molecular complexity index is 1080. The van der Waals surface area contributed by atoms with Crippen LogP contribution in [0, 0.1) is 0 Å². The number of nitrogens with zero attached hydrogens (tertiary/aromatic N) is 3. The molecule has 0 radical (unpaired) electrons. The van der Waals surface area contributed by atoms with Gasteiger partial charge in [0, 0.05) is 44.8 Å². The highest BCUT2D eigenvalue weighted by molar-refractivity contribution is 7.89. The van der Waals surface area contributed by atoms with Gasteiger partial charge in [-0.3, -0.25) is 4.79 Å². The molecule has 3 rings (SSSR count). The smallest absolute Gasteiger partial charge is 0.254 e. The molecule has 1 fully saturated rings. The Morgan fingerprint density at radius 1 is 1.00 bits per heavy atom. The molecule has 1 heterocycles. The lowest BCUT2D eigenvalue weighted by Crippen LogP contribution is -2.49. The van der Waals surface area contributed by atoms with Gasteiger partial charge in [0.05, 0.1) is 27.7 Å². The first-order chi connectivity index (χ1) is 15.2. The number of anilines is 1. The molecule has 0 unspecified atom stereocenters. The van der Waals surface area contributed by atoms with Crippen LogP contribution in [0.4, 0.5) is 5.69 Å². The average molecular weight is 500 g/mol. The fraction of sp³-hybridized carbons (Fsp3) is 0.409. The van der Waals surface area contributed by atoms with Gasteiger partial charge >= 0.3 is 0 Å². The van der Waals surface area contributed by atoms with Gasteiger partial charge in [-0.05, 0) is 36.4 Å².